The van der Waals surface area contributed by atoms with Gasteiger partial charge in [0, 0.05) is 13.1 Å². The van der Waals surface area contributed by atoms with E-state index in [1.165, 1.54) is 24.6 Å². The van der Waals surface area contributed by atoms with Crippen LogP contribution < -0.4 is 9.64 Å². The summed E-state index contributed by atoms with van der Waals surface area (Å²) in [5.41, 5.74) is 0. The van der Waals surface area contributed by atoms with Gasteiger partial charge in [-0.05, 0) is 19.1 Å². The molecule has 2 aromatic rings. The van der Waals surface area contributed by atoms with Crippen LogP contribution in [0.15, 0.2) is 36.5 Å². The average molecular weight is 334 g/mol. The molecule has 0 aliphatic heterocycles. The summed E-state index contributed by atoms with van der Waals surface area (Å²) in [6, 6.07) is 8.88. The lowest BCUT2D eigenvalue weighted by molar-refractivity contribution is -0.140. The zero-order valence-corrected chi connectivity index (χ0v) is 13.8. The van der Waals surface area contributed by atoms with Gasteiger partial charge in [0.1, 0.15) is 10.6 Å². The van der Waals surface area contributed by atoms with Crippen molar-refractivity contribution < 1.29 is 19.1 Å². The van der Waals surface area contributed by atoms with E-state index in [0.29, 0.717) is 28.8 Å². The lowest BCUT2D eigenvalue weighted by Gasteiger charge is -2.18. The maximum atomic E-state index is 12.1. The van der Waals surface area contributed by atoms with Gasteiger partial charge in [-0.3, -0.25) is 4.79 Å². The number of hydrogen-bond donors (Lipinski definition) is 0. The third-order valence-electron chi connectivity index (χ3n) is 3.11. The van der Waals surface area contributed by atoms with Crippen molar-refractivity contribution in [3.63, 3.8) is 0 Å². The molecule has 0 saturated heterocycles. The Balaban J connectivity index is 2.00. The minimum atomic E-state index is -0.441. The summed E-state index contributed by atoms with van der Waals surface area (Å²) in [5.74, 6) is -0.224. The number of carbonyl (C=O) groups is 2. The van der Waals surface area contributed by atoms with Crippen LogP contribution in [0.4, 0.5) is 5.13 Å². The number of benzene rings is 1. The highest BCUT2D eigenvalue weighted by Gasteiger charge is 2.17. The van der Waals surface area contributed by atoms with E-state index in [2.05, 4.69) is 9.72 Å². The highest BCUT2D eigenvalue weighted by Crippen LogP contribution is 2.24. The van der Waals surface area contributed by atoms with Crippen molar-refractivity contribution in [2.24, 2.45) is 0 Å². The van der Waals surface area contributed by atoms with Gasteiger partial charge in [-0.1, -0.05) is 29.5 Å². The molecule has 23 heavy (non-hydrogen) atoms. The number of thiazole rings is 1. The fourth-order valence-corrected chi connectivity index (χ4v) is 2.75. The molecule has 0 amide bonds. The van der Waals surface area contributed by atoms with Gasteiger partial charge in [-0.15, -0.1) is 0 Å². The van der Waals surface area contributed by atoms with E-state index in [0.717, 1.165) is 0 Å². The van der Waals surface area contributed by atoms with E-state index in [9.17, 15) is 9.59 Å². The minimum Gasteiger partial charge on any atom is -0.469 e. The fourth-order valence-electron chi connectivity index (χ4n) is 1.87. The molecule has 122 valence electrons. The molecule has 0 saturated carbocycles. The number of ether oxygens (including phenoxy) is 2. The Bertz CT molecular complexity index is 657. The lowest BCUT2D eigenvalue weighted by atomic mass is 10.3. The van der Waals surface area contributed by atoms with Crippen LogP contribution in [-0.4, -0.2) is 37.1 Å². The van der Waals surface area contributed by atoms with Crippen LogP contribution in [-0.2, 0) is 9.53 Å². The number of hydrogen-bond acceptors (Lipinski definition) is 7. The molecule has 2 rings (SSSR count). The number of methoxy groups -OCH3 is 1. The number of nitrogens with zero attached hydrogens (tertiary/aromatic N) is 2. The van der Waals surface area contributed by atoms with Gasteiger partial charge in [-0.2, -0.15) is 0 Å². The molecule has 0 unspecified atom stereocenters. The van der Waals surface area contributed by atoms with Gasteiger partial charge in [0.15, 0.2) is 5.13 Å². The summed E-state index contributed by atoms with van der Waals surface area (Å²) in [5, 5.41) is 0.677. The SMILES string of the molecule is CCN(CCC(=O)OC)c1ncc(C(=O)Oc2ccccc2)s1. The van der Waals surface area contributed by atoms with Gasteiger partial charge >= 0.3 is 11.9 Å². The summed E-state index contributed by atoms with van der Waals surface area (Å²) < 4.78 is 9.92. The van der Waals surface area contributed by atoms with Crippen LogP contribution in [0.1, 0.15) is 23.0 Å². The topological polar surface area (TPSA) is 68.7 Å². The molecule has 0 aliphatic rings. The van der Waals surface area contributed by atoms with Crippen molar-refractivity contribution in [3.05, 3.63) is 41.4 Å². The molecule has 7 heteroatoms. The second-order valence-corrected chi connectivity index (χ2v) is 5.62. The van der Waals surface area contributed by atoms with Crippen LogP contribution in [0, 0.1) is 0 Å². The summed E-state index contributed by atoms with van der Waals surface area (Å²) >= 11 is 1.24. The van der Waals surface area contributed by atoms with Gasteiger partial charge < -0.3 is 14.4 Å². The number of rotatable bonds is 7. The first-order chi connectivity index (χ1) is 11.1. The van der Waals surface area contributed by atoms with Gasteiger partial charge in [0.25, 0.3) is 0 Å². The largest absolute Gasteiger partial charge is 0.469 e. The third-order valence-corrected chi connectivity index (χ3v) is 4.15. The molecule has 0 N–H and O–H groups in total. The van der Waals surface area contributed by atoms with E-state index in [-0.39, 0.29) is 12.4 Å². The van der Waals surface area contributed by atoms with Crippen LogP contribution in [0.2, 0.25) is 0 Å². The van der Waals surface area contributed by atoms with E-state index >= 15 is 0 Å². The van der Waals surface area contributed by atoms with Gasteiger partial charge in [-0.25, -0.2) is 9.78 Å². The molecule has 0 atom stereocenters. The molecule has 1 heterocycles. The molecular formula is C16H18N2O4S. The first-order valence-electron chi connectivity index (χ1n) is 7.19. The highest BCUT2D eigenvalue weighted by molar-refractivity contribution is 7.17. The molecule has 1 aromatic carbocycles. The van der Waals surface area contributed by atoms with Gasteiger partial charge in [0.2, 0.25) is 0 Å². The number of carbonyl (C=O) groups excluding carboxylic acids is 2. The molecular weight excluding hydrogens is 316 g/mol. The number of esters is 2. The zero-order chi connectivity index (χ0) is 16.7. The summed E-state index contributed by atoms with van der Waals surface area (Å²) in [4.78, 5) is 29.9. The molecule has 1 aromatic heterocycles. The Labute approximate surface area is 138 Å². The Morgan fingerprint density at radius 1 is 1.26 bits per heavy atom. The predicted molar refractivity (Wildman–Crippen MR) is 88.0 cm³/mol. The fraction of sp³-hybridized carbons (Fsp3) is 0.312. The first-order valence-corrected chi connectivity index (χ1v) is 8.00. The van der Waals surface area contributed by atoms with Crippen molar-refractivity contribution in [2.75, 3.05) is 25.1 Å². The van der Waals surface area contributed by atoms with Gasteiger partial charge in [0.05, 0.1) is 19.7 Å². The summed E-state index contributed by atoms with van der Waals surface area (Å²) in [6.45, 7) is 3.13. The molecule has 0 spiro atoms. The second-order valence-electron chi connectivity index (χ2n) is 4.62. The monoisotopic (exact) mass is 334 g/mol. The Hall–Kier alpha value is -2.41. The van der Waals surface area contributed by atoms with Crippen molar-refractivity contribution in [3.8, 4) is 5.75 Å². The number of anilines is 1. The van der Waals surface area contributed by atoms with Crippen molar-refractivity contribution in [1.29, 1.82) is 0 Å². The maximum absolute atomic E-state index is 12.1. The van der Waals surface area contributed by atoms with E-state index < -0.39 is 5.97 Å². The quantitative estimate of drug-likeness (QED) is 0.573. The van der Waals surface area contributed by atoms with Crippen LogP contribution >= 0.6 is 11.3 Å². The van der Waals surface area contributed by atoms with E-state index in [4.69, 9.17) is 4.74 Å². The van der Waals surface area contributed by atoms with Crippen LogP contribution in [0.25, 0.3) is 0 Å². The second kappa shape index (κ2) is 8.28. The standard InChI is InChI=1S/C16H18N2O4S/c1-3-18(10-9-14(19)21-2)16-17-11-13(23-16)15(20)22-12-7-5-4-6-8-12/h4-8,11H,3,9-10H2,1-2H3. The van der Waals surface area contributed by atoms with Crippen LogP contribution in [0.3, 0.4) is 0 Å². The Morgan fingerprint density at radius 3 is 2.65 bits per heavy atom. The molecule has 6 nitrogen and oxygen atoms in total. The minimum absolute atomic E-state index is 0.272. The predicted octanol–water partition coefficient (Wildman–Crippen LogP) is 2.75. The van der Waals surface area contributed by atoms with E-state index in [1.807, 2.05) is 17.9 Å². The third kappa shape index (κ3) is 4.79. The van der Waals surface area contributed by atoms with Crippen molar-refractivity contribution in [1.82, 2.24) is 4.98 Å². The summed E-state index contributed by atoms with van der Waals surface area (Å²) in [7, 11) is 1.36. The Kier molecular flexibility index (Phi) is 6.10. The van der Waals surface area contributed by atoms with Crippen LogP contribution in [0.5, 0.6) is 5.75 Å². The van der Waals surface area contributed by atoms with Crippen molar-refractivity contribution >= 4 is 28.4 Å². The summed E-state index contributed by atoms with van der Waals surface area (Å²) in [6.07, 6.45) is 1.76. The molecule has 0 bridgehead atoms. The zero-order valence-electron chi connectivity index (χ0n) is 13.0. The molecule has 0 radical (unpaired) electrons. The highest BCUT2D eigenvalue weighted by atomic mass is 32.1. The smallest absolute Gasteiger partial charge is 0.355 e. The first kappa shape index (κ1) is 17.0. The number of para-hydroxylation sites is 1. The molecule has 0 fully saturated rings. The number of aromatic nitrogens is 1. The molecule has 0 aliphatic carbocycles. The van der Waals surface area contributed by atoms with Crippen molar-refractivity contribution in [2.45, 2.75) is 13.3 Å². The van der Waals surface area contributed by atoms with E-state index in [1.54, 1.807) is 24.3 Å². The average Bonchev–Trinajstić information content (AvgIpc) is 3.06. The Morgan fingerprint density at radius 2 is 2.00 bits per heavy atom. The maximum Gasteiger partial charge on any atom is 0.355 e. The lowest BCUT2D eigenvalue weighted by Crippen LogP contribution is -2.25. The normalized spacial score (nSPS) is 10.2.